The fourth-order valence-corrected chi connectivity index (χ4v) is 3.30. The van der Waals surface area contributed by atoms with Crippen LogP contribution in [0.5, 0.6) is 11.5 Å². The molecule has 134 valence electrons. The highest BCUT2D eigenvalue weighted by Gasteiger charge is 2.14. The highest BCUT2D eigenvalue weighted by Crippen LogP contribution is 2.34. The summed E-state index contributed by atoms with van der Waals surface area (Å²) in [5.41, 5.74) is 3.37. The van der Waals surface area contributed by atoms with E-state index in [0.717, 1.165) is 18.8 Å². The quantitative estimate of drug-likeness (QED) is 0.770. The molecule has 0 aliphatic carbocycles. The van der Waals surface area contributed by atoms with Crippen LogP contribution in [0, 0.1) is 5.82 Å². The standard InChI is InChI=1S/C20H20FN3O2/c1-26-19-11-14(10-17(21)20(19)25)18-12-24(13-22-18)16-6-4-15(5-7-16)23-8-2-3-9-23/h4-7,10-13,25H,2-3,8-9H2,1H3. The number of halogens is 1. The molecule has 1 aromatic heterocycles. The zero-order valence-electron chi connectivity index (χ0n) is 14.5. The lowest BCUT2D eigenvalue weighted by molar-refractivity contribution is 0.357. The number of anilines is 1. The van der Waals surface area contributed by atoms with Gasteiger partial charge in [0.25, 0.3) is 0 Å². The smallest absolute Gasteiger partial charge is 0.194 e. The summed E-state index contributed by atoms with van der Waals surface area (Å²) in [7, 11) is 1.39. The molecule has 0 radical (unpaired) electrons. The van der Waals surface area contributed by atoms with E-state index < -0.39 is 11.6 Å². The first-order valence-electron chi connectivity index (χ1n) is 8.62. The van der Waals surface area contributed by atoms with E-state index in [-0.39, 0.29) is 5.75 Å². The molecule has 1 fully saturated rings. The molecule has 6 heteroatoms. The molecule has 1 aliphatic heterocycles. The maximum Gasteiger partial charge on any atom is 0.194 e. The molecule has 1 aliphatic rings. The van der Waals surface area contributed by atoms with Gasteiger partial charge in [-0.3, -0.25) is 0 Å². The molecule has 1 N–H and O–H groups in total. The van der Waals surface area contributed by atoms with Crippen LogP contribution < -0.4 is 9.64 Å². The Bertz CT molecular complexity index is 915. The van der Waals surface area contributed by atoms with Crippen molar-refractivity contribution < 1.29 is 14.2 Å². The Balaban J connectivity index is 1.61. The SMILES string of the molecule is COc1cc(-c2cn(-c3ccc(N4CCCC4)cc3)cn2)cc(F)c1O. The molecular weight excluding hydrogens is 333 g/mol. The van der Waals surface area contributed by atoms with Crippen LogP contribution in [-0.4, -0.2) is 34.9 Å². The fourth-order valence-electron chi connectivity index (χ4n) is 3.30. The van der Waals surface area contributed by atoms with Crippen LogP contribution in [0.25, 0.3) is 16.9 Å². The third-order valence-electron chi connectivity index (χ3n) is 4.75. The van der Waals surface area contributed by atoms with Gasteiger partial charge < -0.3 is 19.3 Å². The molecule has 0 saturated carbocycles. The predicted octanol–water partition coefficient (Wildman–Crippen LogP) is 3.99. The molecule has 1 saturated heterocycles. The number of phenols is 1. The zero-order chi connectivity index (χ0) is 18.1. The first-order valence-corrected chi connectivity index (χ1v) is 8.62. The van der Waals surface area contributed by atoms with Crippen molar-refractivity contribution in [2.45, 2.75) is 12.8 Å². The van der Waals surface area contributed by atoms with Gasteiger partial charge in [-0.2, -0.15) is 0 Å². The van der Waals surface area contributed by atoms with Crippen LogP contribution >= 0.6 is 0 Å². The Morgan fingerprint density at radius 1 is 1.08 bits per heavy atom. The number of hydrogen-bond acceptors (Lipinski definition) is 4. The van der Waals surface area contributed by atoms with E-state index in [0.29, 0.717) is 11.3 Å². The lowest BCUT2D eigenvalue weighted by Crippen LogP contribution is -2.17. The monoisotopic (exact) mass is 353 g/mol. The van der Waals surface area contributed by atoms with Gasteiger partial charge in [0.2, 0.25) is 0 Å². The summed E-state index contributed by atoms with van der Waals surface area (Å²) >= 11 is 0. The van der Waals surface area contributed by atoms with Gasteiger partial charge in [-0.25, -0.2) is 9.37 Å². The number of nitrogens with zero attached hydrogens (tertiary/aromatic N) is 3. The third-order valence-corrected chi connectivity index (χ3v) is 4.75. The van der Waals surface area contributed by atoms with Crippen LogP contribution in [0.2, 0.25) is 0 Å². The van der Waals surface area contributed by atoms with E-state index in [1.54, 1.807) is 12.4 Å². The molecule has 3 aromatic rings. The molecule has 0 atom stereocenters. The van der Waals surface area contributed by atoms with Gasteiger partial charge in [-0.15, -0.1) is 0 Å². The largest absolute Gasteiger partial charge is 0.502 e. The van der Waals surface area contributed by atoms with E-state index in [1.807, 2.05) is 10.8 Å². The van der Waals surface area contributed by atoms with E-state index in [4.69, 9.17) is 4.74 Å². The van der Waals surface area contributed by atoms with Crippen molar-refractivity contribution in [1.29, 1.82) is 0 Å². The van der Waals surface area contributed by atoms with E-state index in [1.165, 1.54) is 31.7 Å². The Morgan fingerprint density at radius 2 is 1.77 bits per heavy atom. The number of aromatic nitrogens is 2. The van der Waals surface area contributed by atoms with E-state index >= 15 is 0 Å². The number of methoxy groups -OCH3 is 1. The molecule has 5 nitrogen and oxygen atoms in total. The second-order valence-electron chi connectivity index (χ2n) is 6.39. The van der Waals surface area contributed by atoms with Gasteiger partial charge >= 0.3 is 0 Å². The summed E-state index contributed by atoms with van der Waals surface area (Å²) < 4.78 is 20.8. The highest BCUT2D eigenvalue weighted by molar-refractivity contribution is 5.64. The van der Waals surface area contributed by atoms with Gasteiger partial charge in [-0.1, -0.05) is 0 Å². The topological polar surface area (TPSA) is 50.5 Å². The number of benzene rings is 2. The zero-order valence-corrected chi connectivity index (χ0v) is 14.5. The third kappa shape index (κ3) is 2.98. The average molecular weight is 353 g/mol. The van der Waals surface area contributed by atoms with Crippen LogP contribution in [-0.2, 0) is 0 Å². The fraction of sp³-hybridized carbons (Fsp3) is 0.250. The Labute approximate surface area is 151 Å². The summed E-state index contributed by atoms with van der Waals surface area (Å²) in [4.78, 5) is 6.74. The van der Waals surface area contributed by atoms with Gasteiger partial charge in [0, 0.05) is 36.2 Å². The summed E-state index contributed by atoms with van der Waals surface area (Å²) in [6.45, 7) is 2.23. The van der Waals surface area contributed by atoms with Crippen LogP contribution in [0.15, 0.2) is 48.9 Å². The van der Waals surface area contributed by atoms with Crippen LogP contribution in [0.4, 0.5) is 10.1 Å². The minimum absolute atomic E-state index is 0.0875. The highest BCUT2D eigenvalue weighted by atomic mass is 19.1. The van der Waals surface area contributed by atoms with Gasteiger partial charge in [0.15, 0.2) is 17.3 Å². The maximum atomic E-state index is 13.9. The normalized spacial score (nSPS) is 14.0. The summed E-state index contributed by atoms with van der Waals surface area (Å²) in [6, 6.07) is 11.2. The van der Waals surface area contributed by atoms with Crippen molar-refractivity contribution in [2.24, 2.45) is 0 Å². The van der Waals surface area contributed by atoms with Crippen molar-refractivity contribution in [1.82, 2.24) is 9.55 Å². The minimum atomic E-state index is -0.733. The molecule has 26 heavy (non-hydrogen) atoms. The van der Waals surface area contributed by atoms with Gasteiger partial charge in [0.05, 0.1) is 19.1 Å². The molecular formula is C20H20FN3O2. The first kappa shape index (κ1) is 16.4. The molecule has 0 unspecified atom stereocenters. The van der Waals surface area contributed by atoms with Crippen LogP contribution in [0.3, 0.4) is 0 Å². The van der Waals surface area contributed by atoms with Crippen molar-refractivity contribution in [3.05, 3.63) is 54.7 Å². The molecule has 4 rings (SSSR count). The number of imidazole rings is 1. The van der Waals surface area contributed by atoms with Gasteiger partial charge in [0.1, 0.15) is 0 Å². The lowest BCUT2D eigenvalue weighted by Gasteiger charge is -2.17. The number of phenolic OH excluding ortho intramolecular Hbond substituents is 1. The van der Waals surface area contributed by atoms with Crippen molar-refractivity contribution in [3.63, 3.8) is 0 Å². The van der Waals surface area contributed by atoms with Crippen molar-refractivity contribution in [2.75, 3.05) is 25.1 Å². The molecule has 2 heterocycles. The number of rotatable bonds is 4. The molecule has 0 amide bonds. The van der Waals surface area contributed by atoms with Crippen LogP contribution in [0.1, 0.15) is 12.8 Å². The Hall–Kier alpha value is -3.02. The maximum absolute atomic E-state index is 13.9. The van der Waals surface area contributed by atoms with E-state index in [2.05, 4.69) is 34.1 Å². The summed E-state index contributed by atoms with van der Waals surface area (Å²) in [5.74, 6) is -1.14. The second kappa shape index (κ2) is 6.71. The Morgan fingerprint density at radius 3 is 2.46 bits per heavy atom. The second-order valence-corrected chi connectivity index (χ2v) is 6.39. The number of ether oxygens (including phenoxy) is 1. The molecule has 0 spiro atoms. The lowest BCUT2D eigenvalue weighted by atomic mass is 10.1. The van der Waals surface area contributed by atoms with E-state index in [9.17, 15) is 9.50 Å². The van der Waals surface area contributed by atoms with Gasteiger partial charge in [-0.05, 0) is 49.2 Å². The molecule has 0 bridgehead atoms. The minimum Gasteiger partial charge on any atom is -0.502 e. The predicted molar refractivity (Wildman–Crippen MR) is 98.6 cm³/mol. The summed E-state index contributed by atoms with van der Waals surface area (Å²) in [6.07, 6.45) is 6.02. The average Bonchev–Trinajstić information content (AvgIpc) is 3.36. The number of aromatic hydroxyl groups is 1. The Kier molecular flexibility index (Phi) is 4.24. The first-order chi connectivity index (χ1) is 12.7. The van der Waals surface area contributed by atoms with Crippen molar-refractivity contribution >= 4 is 5.69 Å². The van der Waals surface area contributed by atoms with Crippen molar-refractivity contribution in [3.8, 4) is 28.4 Å². The molecule has 2 aromatic carbocycles. The summed E-state index contributed by atoms with van der Waals surface area (Å²) in [5, 5.41) is 9.64. The number of hydrogen-bond donors (Lipinski definition) is 1.